The van der Waals surface area contributed by atoms with Crippen molar-refractivity contribution >= 4 is 5.78 Å². The number of hydrogen-bond donors (Lipinski definition) is 0. The Labute approximate surface area is 87.6 Å². The van der Waals surface area contributed by atoms with Crippen LogP contribution in [0.5, 0.6) is 0 Å². The van der Waals surface area contributed by atoms with E-state index in [1.807, 2.05) is 0 Å². The molecule has 0 spiro atoms. The van der Waals surface area contributed by atoms with Crippen molar-refractivity contribution < 1.29 is 4.79 Å². The van der Waals surface area contributed by atoms with E-state index in [1.54, 1.807) is 0 Å². The zero-order valence-corrected chi connectivity index (χ0v) is 9.89. The Morgan fingerprint density at radius 3 is 2.36 bits per heavy atom. The fourth-order valence-corrected chi connectivity index (χ4v) is 2.34. The first kappa shape index (κ1) is 11.5. The molecule has 80 valence electrons. The minimum atomic E-state index is 0.404. The van der Waals surface area contributed by atoms with Gasteiger partial charge in [-0.15, -0.1) is 0 Å². The second kappa shape index (κ2) is 4.77. The normalized spacial score (nSPS) is 20.5. The monoisotopic (exact) mass is 194 g/mol. The number of carbonyl (C=O) groups excluding carboxylic acids is 1. The summed E-state index contributed by atoms with van der Waals surface area (Å²) >= 11 is 0. The molecule has 1 heteroatoms. The number of Topliss-reactive ketones (excluding diaryl/α,β-unsaturated/α-hetero) is 1. The Kier molecular flexibility index (Phi) is 3.91. The van der Waals surface area contributed by atoms with Crippen LogP contribution in [-0.2, 0) is 4.79 Å². The van der Waals surface area contributed by atoms with Crippen LogP contribution < -0.4 is 0 Å². The van der Waals surface area contributed by atoms with Crippen LogP contribution in [0.4, 0.5) is 0 Å². The lowest BCUT2D eigenvalue weighted by atomic mass is 9.79. The Balaban J connectivity index is 3.03. The van der Waals surface area contributed by atoms with E-state index in [0.717, 1.165) is 31.3 Å². The van der Waals surface area contributed by atoms with Crippen molar-refractivity contribution in [2.45, 2.75) is 53.4 Å². The summed E-state index contributed by atoms with van der Waals surface area (Å²) in [6, 6.07) is 0. The first-order chi connectivity index (χ1) is 6.57. The largest absolute Gasteiger partial charge is 0.295 e. The molecule has 0 aliphatic heterocycles. The highest BCUT2D eigenvalue weighted by molar-refractivity contribution is 5.97. The average Bonchev–Trinajstić information content (AvgIpc) is 2.15. The highest BCUT2D eigenvalue weighted by Gasteiger charge is 2.24. The molecule has 0 fully saturated rings. The van der Waals surface area contributed by atoms with Crippen LogP contribution in [0.25, 0.3) is 0 Å². The molecule has 14 heavy (non-hydrogen) atoms. The van der Waals surface area contributed by atoms with Crippen LogP contribution in [0.2, 0.25) is 0 Å². The van der Waals surface area contributed by atoms with Gasteiger partial charge in [0.25, 0.3) is 0 Å². The van der Waals surface area contributed by atoms with Gasteiger partial charge in [0.05, 0.1) is 0 Å². The summed E-state index contributed by atoms with van der Waals surface area (Å²) in [5, 5.41) is 0. The van der Waals surface area contributed by atoms with E-state index in [0.29, 0.717) is 17.6 Å². The molecule has 1 unspecified atom stereocenters. The molecule has 0 N–H and O–H groups in total. The quantitative estimate of drug-likeness (QED) is 0.669. The van der Waals surface area contributed by atoms with E-state index in [2.05, 4.69) is 27.7 Å². The molecule has 0 bridgehead atoms. The lowest BCUT2D eigenvalue weighted by Gasteiger charge is -2.25. The standard InChI is InChI=1S/C13H22O/c1-5-10(4)11-7-6-8-12(14)13(11)9(2)3/h9-10H,5-8H2,1-4H3. The van der Waals surface area contributed by atoms with Gasteiger partial charge < -0.3 is 0 Å². The molecule has 1 nitrogen and oxygen atoms in total. The third kappa shape index (κ3) is 2.26. The zero-order chi connectivity index (χ0) is 10.7. The van der Waals surface area contributed by atoms with E-state index in [9.17, 15) is 4.79 Å². The second-order valence-corrected chi connectivity index (χ2v) is 4.68. The minimum absolute atomic E-state index is 0.404. The van der Waals surface area contributed by atoms with Gasteiger partial charge in [-0.05, 0) is 36.7 Å². The first-order valence-corrected chi connectivity index (χ1v) is 5.84. The van der Waals surface area contributed by atoms with Crippen molar-refractivity contribution in [1.82, 2.24) is 0 Å². The van der Waals surface area contributed by atoms with Crippen molar-refractivity contribution in [2.24, 2.45) is 11.8 Å². The maximum absolute atomic E-state index is 11.8. The van der Waals surface area contributed by atoms with Crippen LogP contribution in [0, 0.1) is 11.8 Å². The first-order valence-electron chi connectivity index (χ1n) is 5.84. The third-order valence-electron chi connectivity index (χ3n) is 3.28. The highest BCUT2D eigenvalue weighted by Crippen LogP contribution is 2.33. The summed E-state index contributed by atoms with van der Waals surface area (Å²) in [6.45, 7) is 8.73. The number of hydrogen-bond acceptors (Lipinski definition) is 1. The highest BCUT2D eigenvalue weighted by atomic mass is 16.1. The second-order valence-electron chi connectivity index (χ2n) is 4.68. The Hall–Kier alpha value is -0.590. The number of carbonyl (C=O) groups is 1. The molecule has 0 aromatic carbocycles. The van der Waals surface area contributed by atoms with Gasteiger partial charge in [0.2, 0.25) is 0 Å². The van der Waals surface area contributed by atoms with Gasteiger partial charge in [0.15, 0.2) is 5.78 Å². The van der Waals surface area contributed by atoms with Gasteiger partial charge in [-0.1, -0.05) is 33.3 Å². The van der Waals surface area contributed by atoms with Crippen molar-refractivity contribution in [3.05, 3.63) is 11.1 Å². The molecule has 1 aliphatic rings. The van der Waals surface area contributed by atoms with Crippen LogP contribution >= 0.6 is 0 Å². The number of ketones is 1. The van der Waals surface area contributed by atoms with Crippen LogP contribution in [-0.4, -0.2) is 5.78 Å². The lowest BCUT2D eigenvalue weighted by Crippen LogP contribution is -2.19. The predicted molar refractivity (Wildman–Crippen MR) is 60.2 cm³/mol. The molecule has 0 heterocycles. The van der Waals surface area contributed by atoms with E-state index in [1.165, 1.54) is 5.57 Å². The van der Waals surface area contributed by atoms with Crippen molar-refractivity contribution in [3.63, 3.8) is 0 Å². The third-order valence-corrected chi connectivity index (χ3v) is 3.28. The van der Waals surface area contributed by atoms with Crippen LogP contribution in [0.15, 0.2) is 11.1 Å². The molecule has 1 aliphatic carbocycles. The van der Waals surface area contributed by atoms with Gasteiger partial charge in [-0.3, -0.25) is 4.79 Å². The van der Waals surface area contributed by atoms with Gasteiger partial charge >= 0.3 is 0 Å². The molecule has 0 amide bonds. The summed E-state index contributed by atoms with van der Waals surface area (Å²) < 4.78 is 0. The molecule has 1 atom stereocenters. The fourth-order valence-electron chi connectivity index (χ4n) is 2.34. The summed E-state index contributed by atoms with van der Waals surface area (Å²) in [6.07, 6.45) is 4.13. The van der Waals surface area contributed by atoms with E-state index < -0.39 is 0 Å². The molecule has 0 saturated heterocycles. The van der Waals surface area contributed by atoms with Gasteiger partial charge in [0, 0.05) is 6.42 Å². The molecule has 0 saturated carbocycles. The maximum atomic E-state index is 11.8. The van der Waals surface area contributed by atoms with Crippen molar-refractivity contribution in [3.8, 4) is 0 Å². The predicted octanol–water partition coefficient (Wildman–Crippen LogP) is 3.74. The zero-order valence-electron chi connectivity index (χ0n) is 9.89. The topological polar surface area (TPSA) is 17.1 Å². The smallest absolute Gasteiger partial charge is 0.159 e. The molecule has 0 aromatic rings. The van der Waals surface area contributed by atoms with E-state index in [-0.39, 0.29) is 0 Å². The summed E-state index contributed by atoms with van der Waals surface area (Å²) in [5.41, 5.74) is 2.59. The number of rotatable bonds is 3. The average molecular weight is 194 g/mol. The Morgan fingerprint density at radius 1 is 1.21 bits per heavy atom. The van der Waals surface area contributed by atoms with Crippen LogP contribution in [0.3, 0.4) is 0 Å². The van der Waals surface area contributed by atoms with E-state index in [4.69, 9.17) is 0 Å². The summed E-state index contributed by atoms with van der Waals surface area (Å²) in [7, 11) is 0. The van der Waals surface area contributed by atoms with E-state index >= 15 is 0 Å². The van der Waals surface area contributed by atoms with Crippen LogP contribution in [0.1, 0.15) is 53.4 Å². The lowest BCUT2D eigenvalue weighted by molar-refractivity contribution is -0.116. The maximum Gasteiger partial charge on any atom is 0.159 e. The fraction of sp³-hybridized carbons (Fsp3) is 0.769. The van der Waals surface area contributed by atoms with Crippen molar-refractivity contribution in [2.75, 3.05) is 0 Å². The van der Waals surface area contributed by atoms with Gasteiger partial charge in [-0.2, -0.15) is 0 Å². The Bertz CT molecular complexity index is 248. The molecular weight excluding hydrogens is 172 g/mol. The van der Waals surface area contributed by atoms with Gasteiger partial charge in [-0.25, -0.2) is 0 Å². The SMILES string of the molecule is CCC(C)C1=C(C(C)C)C(=O)CCC1. The minimum Gasteiger partial charge on any atom is -0.295 e. The Morgan fingerprint density at radius 2 is 1.86 bits per heavy atom. The summed E-state index contributed by atoms with van der Waals surface area (Å²) in [5.74, 6) is 1.41. The summed E-state index contributed by atoms with van der Waals surface area (Å²) in [4.78, 5) is 11.8. The molecule has 0 aromatic heterocycles. The van der Waals surface area contributed by atoms with Gasteiger partial charge in [0.1, 0.15) is 0 Å². The number of allylic oxidation sites excluding steroid dienone is 2. The van der Waals surface area contributed by atoms with Crippen molar-refractivity contribution in [1.29, 1.82) is 0 Å². The molecule has 1 rings (SSSR count). The molecule has 0 radical (unpaired) electrons. The molecular formula is C13H22O.